The van der Waals surface area contributed by atoms with Crippen molar-refractivity contribution >= 4 is 38.7 Å². The Kier molecular flexibility index (Phi) is 4.46. The third-order valence-corrected chi connectivity index (χ3v) is 5.42. The minimum Gasteiger partial charge on any atom is -0.484 e. The fraction of sp³-hybridized carbons (Fsp3) is 0.0435. The van der Waals surface area contributed by atoms with E-state index in [0.717, 1.165) is 32.7 Å². The average molecular weight is 399 g/mol. The highest BCUT2D eigenvalue weighted by Gasteiger charge is 2.07. The second-order valence-electron chi connectivity index (χ2n) is 6.64. The molecule has 0 aliphatic heterocycles. The van der Waals surface area contributed by atoms with Crippen molar-refractivity contribution in [2.24, 2.45) is 0 Å². The summed E-state index contributed by atoms with van der Waals surface area (Å²) in [6.45, 7) is -0.0442. The largest absolute Gasteiger partial charge is 0.484 e. The van der Waals surface area contributed by atoms with Gasteiger partial charge in [-0.1, -0.05) is 42.5 Å². The molecule has 3 aromatic carbocycles. The smallest absolute Gasteiger partial charge is 0.262 e. The summed E-state index contributed by atoms with van der Waals surface area (Å²) in [6, 6.07) is 21.5. The highest BCUT2D eigenvalue weighted by molar-refractivity contribution is 7.15. The maximum atomic E-state index is 12.2. The Bertz CT molecular complexity index is 1280. The Morgan fingerprint density at radius 3 is 2.69 bits per heavy atom. The van der Waals surface area contributed by atoms with Crippen molar-refractivity contribution in [1.29, 1.82) is 0 Å². The number of fused-ring (bicyclic) bond motifs is 2. The van der Waals surface area contributed by atoms with Gasteiger partial charge in [0.1, 0.15) is 5.75 Å². The summed E-state index contributed by atoms with van der Waals surface area (Å²) in [7, 11) is 0. The predicted octanol–water partition coefficient (Wildman–Crippen LogP) is 5.23. The fourth-order valence-electron chi connectivity index (χ4n) is 3.19. The molecule has 0 aliphatic rings. The zero-order valence-electron chi connectivity index (χ0n) is 15.4. The molecule has 0 bridgehead atoms. The average Bonchev–Trinajstić information content (AvgIpc) is 3.35. The molecule has 0 unspecified atom stereocenters. The number of anilines is 1. The molecular formula is C23H17N3O2S. The van der Waals surface area contributed by atoms with E-state index in [9.17, 15) is 4.79 Å². The maximum Gasteiger partial charge on any atom is 0.262 e. The van der Waals surface area contributed by atoms with Gasteiger partial charge in [-0.25, -0.2) is 4.98 Å². The van der Waals surface area contributed by atoms with Crippen LogP contribution in [0.3, 0.4) is 0 Å². The van der Waals surface area contributed by atoms with E-state index in [4.69, 9.17) is 4.74 Å². The van der Waals surface area contributed by atoms with Gasteiger partial charge >= 0.3 is 0 Å². The number of ether oxygens (including phenoxy) is 1. The van der Waals surface area contributed by atoms with E-state index >= 15 is 0 Å². The van der Waals surface area contributed by atoms with Crippen LogP contribution >= 0.6 is 11.3 Å². The molecular weight excluding hydrogens is 382 g/mol. The Balaban J connectivity index is 1.21. The summed E-state index contributed by atoms with van der Waals surface area (Å²) in [6.07, 6.45) is 3.98. The van der Waals surface area contributed by atoms with Crippen molar-refractivity contribution in [2.75, 3.05) is 11.9 Å². The zero-order valence-corrected chi connectivity index (χ0v) is 16.2. The van der Waals surface area contributed by atoms with Gasteiger partial charge in [0.25, 0.3) is 5.91 Å². The first kappa shape index (κ1) is 17.5. The number of carbonyl (C=O) groups is 1. The molecule has 1 N–H and O–H groups in total. The highest BCUT2D eigenvalue weighted by Crippen LogP contribution is 2.23. The number of rotatable bonds is 5. The molecule has 0 saturated heterocycles. The molecule has 142 valence electrons. The van der Waals surface area contributed by atoms with Crippen molar-refractivity contribution in [3.63, 3.8) is 0 Å². The number of amides is 1. The number of nitrogens with zero attached hydrogens (tertiary/aromatic N) is 2. The molecule has 0 saturated carbocycles. The Morgan fingerprint density at radius 2 is 1.86 bits per heavy atom. The number of carbonyl (C=O) groups excluding carboxylic acids is 1. The van der Waals surface area contributed by atoms with Crippen molar-refractivity contribution in [3.05, 3.63) is 84.5 Å². The number of thiazole rings is 1. The molecule has 0 atom stereocenters. The number of imidazole rings is 1. The van der Waals surface area contributed by atoms with Crippen LogP contribution in [0.25, 0.3) is 27.0 Å². The van der Waals surface area contributed by atoms with Crippen LogP contribution in [0.15, 0.2) is 84.5 Å². The number of aromatic nitrogens is 2. The van der Waals surface area contributed by atoms with E-state index < -0.39 is 0 Å². The molecule has 5 rings (SSSR count). The third-order valence-electron chi connectivity index (χ3n) is 4.65. The Labute approximate surface area is 171 Å². The van der Waals surface area contributed by atoms with Gasteiger partial charge < -0.3 is 10.1 Å². The van der Waals surface area contributed by atoms with E-state index in [1.54, 1.807) is 11.3 Å². The summed E-state index contributed by atoms with van der Waals surface area (Å²) in [5.41, 5.74) is 2.64. The summed E-state index contributed by atoms with van der Waals surface area (Å²) in [5, 5.41) is 7.09. The van der Waals surface area contributed by atoms with Gasteiger partial charge in [-0.2, -0.15) is 0 Å². The van der Waals surface area contributed by atoms with Gasteiger partial charge in [0.15, 0.2) is 11.6 Å². The van der Waals surface area contributed by atoms with Crippen LogP contribution in [0.1, 0.15) is 0 Å². The number of hydrogen-bond donors (Lipinski definition) is 1. The third kappa shape index (κ3) is 3.70. The highest BCUT2D eigenvalue weighted by atomic mass is 32.1. The normalized spacial score (nSPS) is 11.0. The van der Waals surface area contributed by atoms with Gasteiger partial charge in [0, 0.05) is 29.0 Å². The van der Waals surface area contributed by atoms with Crippen molar-refractivity contribution in [2.45, 2.75) is 0 Å². The fourth-order valence-corrected chi connectivity index (χ4v) is 3.89. The van der Waals surface area contributed by atoms with Crippen molar-refractivity contribution < 1.29 is 9.53 Å². The van der Waals surface area contributed by atoms with E-state index in [0.29, 0.717) is 5.75 Å². The lowest BCUT2D eigenvalue weighted by Gasteiger charge is -2.09. The predicted molar refractivity (Wildman–Crippen MR) is 117 cm³/mol. The molecule has 0 aliphatic carbocycles. The van der Waals surface area contributed by atoms with E-state index in [-0.39, 0.29) is 12.5 Å². The molecule has 2 aromatic heterocycles. The summed E-state index contributed by atoms with van der Waals surface area (Å²) in [4.78, 5) is 17.8. The van der Waals surface area contributed by atoms with Gasteiger partial charge in [-0.15, -0.1) is 11.3 Å². The molecule has 0 fully saturated rings. The molecule has 5 nitrogen and oxygen atoms in total. The molecule has 1 amide bonds. The van der Waals surface area contributed by atoms with Gasteiger partial charge in [0.2, 0.25) is 0 Å². The first-order chi connectivity index (χ1) is 14.2. The molecule has 5 aromatic rings. The molecule has 29 heavy (non-hydrogen) atoms. The summed E-state index contributed by atoms with van der Waals surface area (Å²) >= 11 is 1.60. The lowest BCUT2D eigenvalue weighted by Crippen LogP contribution is -2.20. The van der Waals surface area contributed by atoms with Crippen LogP contribution in [0.2, 0.25) is 0 Å². The monoisotopic (exact) mass is 399 g/mol. The van der Waals surface area contributed by atoms with Crippen molar-refractivity contribution in [3.8, 4) is 17.0 Å². The van der Waals surface area contributed by atoms with Crippen molar-refractivity contribution in [1.82, 2.24) is 9.38 Å². The standard InChI is InChI=1S/C23H17N3O2S/c27-22(15-28-20-10-7-16-3-1-2-4-18(16)13-20)24-19-8-5-17(6-9-19)21-14-26-11-12-29-23(26)25-21/h1-14H,15H2,(H,24,27). The zero-order chi connectivity index (χ0) is 19.6. The van der Waals surface area contributed by atoms with E-state index in [2.05, 4.69) is 10.3 Å². The second-order valence-corrected chi connectivity index (χ2v) is 7.52. The molecule has 6 heteroatoms. The minimum absolute atomic E-state index is 0.0442. The minimum atomic E-state index is -0.201. The van der Waals surface area contributed by atoms with Crippen LogP contribution in [-0.4, -0.2) is 21.9 Å². The number of nitrogens with one attached hydrogen (secondary N) is 1. The van der Waals surface area contributed by atoms with E-state index in [1.165, 1.54) is 0 Å². The first-order valence-corrected chi connectivity index (χ1v) is 10.1. The molecule has 2 heterocycles. The van der Waals surface area contributed by atoms with Gasteiger partial charge in [0.05, 0.1) is 5.69 Å². The number of hydrogen-bond acceptors (Lipinski definition) is 4. The quantitative estimate of drug-likeness (QED) is 0.440. The summed E-state index contributed by atoms with van der Waals surface area (Å²) < 4.78 is 7.64. The van der Waals surface area contributed by atoms with Crippen LogP contribution < -0.4 is 10.1 Å². The topological polar surface area (TPSA) is 55.6 Å². The molecule has 0 radical (unpaired) electrons. The number of benzene rings is 3. The second kappa shape index (κ2) is 7.41. The van der Waals surface area contributed by atoms with Gasteiger partial charge in [-0.3, -0.25) is 9.20 Å². The lowest BCUT2D eigenvalue weighted by molar-refractivity contribution is -0.118. The van der Waals surface area contributed by atoms with Crippen LogP contribution in [0.4, 0.5) is 5.69 Å². The SMILES string of the molecule is O=C(COc1ccc2ccccc2c1)Nc1ccc(-c2cn3ccsc3n2)cc1. The Hall–Kier alpha value is -3.64. The first-order valence-electron chi connectivity index (χ1n) is 9.19. The lowest BCUT2D eigenvalue weighted by atomic mass is 10.1. The maximum absolute atomic E-state index is 12.2. The molecule has 0 spiro atoms. The van der Waals surface area contributed by atoms with Crippen LogP contribution in [-0.2, 0) is 4.79 Å². The summed E-state index contributed by atoms with van der Waals surface area (Å²) in [5.74, 6) is 0.474. The van der Waals surface area contributed by atoms with Gasteiger partial charge in [-0.05, 0) is 35.0 Å². The van der Waals surface area contributed by atoms with E-state index in [1.807, 2.05) is 88.9 Å². The Morgan fingerprint density at radius 1 is 1.03 bits per heavy atom. The van der Waals surface area contributed by atoms with Crippen LogP contribution in [0.5, 0.6) is 5.75 Å². The van der Waals surface area contributed by atoms with Crippen LogP contribution in [0, 0.1) is 0 Å².